The second-order valence-corrected chi connectivity index (χ2v) is 8.23. The highest BCUT2D eigenvalue weighted by Gasteiger charge is 2.61. The molecular formula is C21H15ClF4N4O4. The van der Waals surface area contributed by atoms with E-state index >= 15 is 0 Å². The number of nitrogens with zero attached hydrogens (tertiary/aromatic N) is 2. The zero-order valence-corrected chi connectivity index (χ0v) is 17.9. The van der Waals surface area contributed by atoms with Crippen molar-refractivity contribution < 1.29 is 36.7 Å². The molecule has 2 N–H and O–H groups in total. The number of Topliss-reactive ketones (excluding diaryl/α,β-unsaturated/α-hetero) is 1. The van der Waals surface area contributed by atoms with Crippen molar-refractivity contribution in [3.8, 4) is 6.07 Å². The third-order valence-corrected chi connectivity index (χ3v) is 6.06. The summed E-state index contributed by atoms with van der Waals surface area (Å²) < 4.78 is 59.5. The Morgan fingerprint density at radius 1 is 1.24 bits per heavy atom. The summed E-state index contributed by atoms with van der Waals surface area (Å²) in [4.78, 5) is 38.3. The van der Waals surface area contributed by atoms with Gasteiger partial charge in [-0.15, -0.1) is 0 Å². The summed E-state index contributed by atoms with van der Waals surface area (Å²) in [5.41, 5.74) is -3.09. The molecule has 4 rings (SSSR count). The third kappa shape index (κ3) is 3.80. The number of ketones is 1. The molecule has 0 unspecified atom stereocenters. The molecule has 2 amide bonds. The lowest BCUT2D eigenvalue weighted by atomic mass is 9.96. The van der Waals surface area contributed by atoms with E-state index in [0.29, 0.717) is 18.5 Å². The molecule has 0 spiro atoms. The normalized spacial score (nSPS) is 16.2. The number of aromatic nitrogens is 1. The summed E-state index contributed by atoms with van der Waals surface area (Å²) in [6, 6.07) is 4.95. The van der Waals surface area contributed by atoms with Crippen molar-refractivity contribution in [1.29, 1.82) is 5.26 Å². The van der Waals surface area contributed by atoms with Crippen LogP contribution >= 0.6 is 11.6 Å². The first-order valence-electron chi connectivity index (χ1n) is 9.92. The molecule has 2 aliphatic heterocycles. The Balaban J connectivity index is 1.64. The predicted molar refractivity (Wildman–Crippen MR) is 109 cm³/mol. The average molecular weight is 499 g/mol. The molecule has 0 radical (unpaired) electrons. The van der Waals surface area contributed by atoms with Crippen LogP contribution in [0.2, 0.25) is 5.02 Å². The SMILES string of the molecule is N#Cc1cc(NC(=O)c2c(Cl)c(C(=O)C(=O)NC3(C(F)(F)F)COC3)n3c2CCC3)ccc1F. The van der Waals surface area contributed by atoms with Crippen molar-refractivity contribution in [2.24, 2.45) is 0 Å². The number of halogens is 5. The summed E-state index contributed by atoms with van der Waals surface area (Å²) in [6.45, 7) is -1.43. The lowest BCUT2D eigenvalue weighted by Gasteiger charge is -2.42. The standard InChI is InChI=1S/C21H15ClF4N4O4/c22-15-14(18(32)28-11-3-4-12(23)10(6-11)7-27)13-2-1-5-30(13)16(15)17(31)19(33)29-20(8-34-9-20)21(24,25)26/h3-4,6H,1-2,5,8-9H2,(H,28,32)(H,29,33). The number of carbonyl (C=O) groups is 3. The molecule has 1 fully saturated rings. The fraction of sp³-hybridized carbons (Fsp3) is 0.333. The van der Waals surface area contributed by atoms with Gasteiger partial charge in [-0.3, -0.25) is 14.4 Å². The van der Waals surface area contributed by atoms with Crippen LogP contribution in [0.3, 0.4) is 0 Å². The summed E-state index contributed by atoms with van der Waals surface area (Å²) in [7, 11) is 0. The number of ether oxygens (including phenoxy) is 1. The van der Waals surface area contributed by atoms with Crippen LogP contribution in [0.15, 0.2) is 18.2 Å². The van der Waals surface area contributed by atoms with Gasteiger partial charge in [-0.05, 0) is 31.0 Å². The number of carbonyl (C=O) groups excluding carboxylic acids is 3. The van der Waals surface area contributed by atoms with E-state index in [9.17, 15) is 31.9 Å². The van der Waals surface area contributed by atoms with Crippen molar-refractivity contribution in [3.63, 3.8) is 0 Å². The van der Waals surface area contributed by atoms with Gasteiger partial charge in [0.1, 0.15) is 17.6 Å². The van der Waals surface area contributed by atoms with Crippen LogP contribution in [0.5, 0.6) is 0 Å². The molecule has 34 heavy (non-hydrogen) atoms. The van der Waals surface area contributed by atoms with Gasteiger partial charge in [0.05, 0.1) is 29.4 Å². The molecule has 0 atom stereocenters. The number of anilines is 1. The van der Waals surface area contributed by atoms with Crippen LogP contribution in [0, 0.1) is 17.1 Å². The van der Waals surface area contributed by atoms with E-state index < -0.39 is 54.0 Å². The van der Waals surface area contributed by atoms with E-state index in [1.807, 2.05) is 0 Å². The predicted octanol–water partition coefficient (Wildman–Crippen LogP) is 2.98. The van der Waals surface area contributed by atoms with E-state index in [-0.39, 0.29) is 28.4 Å². The minimum atomic E-state index is -4.84. The highest BCUT2D eigenvalue weighted by molar-refractivity contribution is 6.48. The van der Waals surface area contributed by atoms with Gasteiger partial charge in [0.15, 0.2) is 5.54 Å². The first kappa shape index (κ1) is 23.7. The topological polar surface area (TPSA) is 113 Å². The van der Waals surface area contributed by atoms with Gasteiger partial charge >= 0.3 is 6.18 Å². The zero-order valence-electron chi connectivity index (χ0n) is 17.2. The van der Waals surface area contributed by atoms with Crippen LogP contribution in [0.4, 0.5) is 23.2 Å². The molecule has 2 aliphatic rings. The maximum absolute atomic E-state index is 13.5. The second kappa shape index (κ2) is 8.41. The Kier molecular flexibility index (Phi) is 5.87. The summed E-state index contributed by atoms with van der Waals surface area (Å²) >= 11 is 6.30. The van der Waals surface area contributed by atoms with Gasteiger partial charge in [0.25, 0.3) is 17.6 Å². The maximum atomic E-state index is 13.5. The van der Waals surface area contributed by atoms with E-state index in [1.54, 1.807) is 11.4 Å². The second-order valence-electron chi connectivity index (χ2n) is 7.86. The van der Waals surface area contributed by atoms with Crippen LogP contribution < -0.4 is 10.6 Å². The smallest absolute Gasteiger partial charge is 0.376 e. The molecule has 13 heteroatoms. The molecule has 0 aliphatic carbocycles. The minimum Gasteiger partial charge on any atom is -0.376 e. The minimum absolute atomic E-state index is 0.0830. The summed E-state index contributed by atoms with van der Waals surface area (Å²) in [6.07, 6.45) is -4.01. The van der Waals surface area contributed by atoms with Crippen molar-refractivity contribution in [3.05, 3.63) is 51.6 Å². The zero-order chi connectivity index (χ0) is 24.8. The summed E-state index contributed by atoms with van der Waals surface area (Å²) in [5, 5.41) is 12.7. The highest BCUT2D eigenvalue weighted by Crippen LogP contribution is 2.37. The molecule has 178 valence electrons. The van der Waals surface area contributed by atoms with E-state index in [2.05, 4.69) is 10.1 Å². The Bertz CT molecular complexity index is 1260. The van der Waals surface area contributed by atoms with Gasteiger partial charge in [-0.25, -0.2) is 4.39 Å². The quantitative estimate of drug-likeness (QED) is 0.374. The molecule has 0 bridgehead atoms. The summed E-state index contributed by atoms with van der Waals surface area (Å²) in [5.74, 6) is -4.42. The lowest BCUT2D eigenvalue weighted by molar-refractivity contribution is -0.265. The molecule has 1 aromatic carbocycles. The van der Waals surface area contributed by atoms with Crippen molar-refractivity contribution in [2.45, 2.75) is 31.1 Å². The van der Waals surface area contributed by atoms with Gasteiger partial charge in [0, 0.05) is 17.9 Å². The fourth-order valence-corrected chi connectivity index (χ4v) is 4.26. The van der Waals surface area contributed by atoms with Crippen LogP contribution in [-0.4, -0.2) is 47.1 Å². The Labute approximate surface area is 194 Å². The lowest BCUT2D eigenvalue weighted by Crippen LogP contribution is -2.71. The van der Waals surface area contributed by atoms with Crippen LogP contribution in [-0.2, 0) is 22.5 Å². The largest absolute Gasteiger partial charge is 0.416 e. The average Bonchev–Trinajstić information content (AvgIpc) is 3.29. The highest BCUT2D eigenvalue weighted by atomic mass is 35.5. The first-order valence-corrected chi connectivity index (χ1v) is 10.3. The number of hydrogen-bond acceptors (Lipinski definition) is 5. The number of nitrogens with one attached hydrogen (secondary N) is 2. The van der Waals surface area contributed by atoms with Gasteiger partial charge in [-0.2, -0.15) is 18.4 Å². The molecule has 8 nitrogen and oxygen atoms in total. The third-order valence-electron chi connectivity index (χ3n) is 5.69. The maximum Gasteiger partial charge on any atom is 0.416 e. The van der Waals surface area contributed by atoms with Crippen molar-refractivity contribution >= 4 is 34.9 Å². The Morgan fingerprint density at radius 2 is 1.94 bits per heavy atom. The molecule has 1 aromatic heterocycles. The number of hydrogen-bond donors (Lipinski definition) is 2. The Hall–Kier alpha value is -3.43. The number of alkyl halides is 3. The van der Waals surface area contributed by atoms with Crippen LogP contribution in [0.1, 0.15) is 38.5 Å². The number of fused-ring (bicyclic) bond motifs is 1. The molecule has 0 saturated carbocycles. The van der Waals surface area contributed by atoms with Gasteiger partial charge in [-0.1, -0.05) is 11.6 Å². The van der Waals surface area contributed by atoms with E-state index in [0.717, 1.165) is 12.1 Å². The first-order chi connectivity index (χ1) is 16.0. The fourth-order valence-electron chi connectivity index (χ4n) is 3.87. The van der Waals surface area contributed by atoms with Gasteiger partial charge in [0.2, 0.25) is 0 Å². The monoisotopic (exact) mass is 498 g/mol. The number of amides is 2. The Morgan fingerprint density at radius 3 is 2.53 bits per heavy atom. The molecule has 2 aromatic rings. The molecular weight excluding hydrogens is 484 g/mol. The van der Waals surface area contributed by atoms with Gasteiger partial charge < -0.3 is 19.9 Å². The molecule has 1 saturated heterocycles. The van der Waals surface area contributed by atoms with E-state index in [1.165, 1.54) is 10.6 Å². The molecule has 3 heterocycles. The number of benzene rings is 1. The van der Waals surface area contributed by atoms with Crippen LogP contribution in [0.25, 0.3) is 0 Å². The van der Waals surface area contributed by atoms with Crippen molar-refractivity contribution in [1.82, 2.24) is 9.88 Å². The number of nitriles is 1. The number of rotatable bonds is 5. The van der Waals surface area contributed by atoms with Crippen molar-refractivity contribution in [2.75, 3.05) is 18.5 Å². The van der Waals surface area contributed by atoms with E-state index in [4.69, 9.17) is 16.9 Å².